The van der Waals surface area contributed by atoms with E-state index in [4.69, 9.17) is 9.47 Å². The summed E-state index contributed by atoms with van der Waals surface area (Å²) in [6, 6.07) is 12.8. The Balaban J connectivity index is 1.74. The van der Waals surface area contributed by atoms with Crippen LogP contribution in [0.15, 0.2) is 42.5 Å². The SMILES string of the molecule is O=COc1ccc(COc2cccc3c2C(=O)SCC3)cc1. The van der Waals surface area contributed by atoms with Crippen LogP contribution in [0.4, 0.5) is 0 Å². The molecule has 0 spiro atoms. The van der Waals surface area contributed by atoms with Gasteiger partial charge in [0.15, 0.2) is 0 Å². The number of hydrogen-bond donors (Lipinski definition) is 0. The third-order valence-corrected chi connectivity index (χ3v) is 4.30. The lowest BCUT2D eigenvalue weighted by molar-refractivity contribution is -0.120. The molecule has 0 radical (unpaired) electrons. The molecule has 0 aliphatic carbocycles. The van der Waals surface area contributed by atoms with Gasteiger partial charge in [0.05, 0.1) is 5.56 Å². The molecule has 0 bridgehead atoms. The molecule has 22 heavy (non-hydrogen) atoms. The lowest BCUT2D eigenvalue weighted by atomic mass is 10.0. The average molecular weight is 314 g/mol. The lowest BCUT2D eigenvalue weighted by Gasteiger charge is -2.18. The monoisotopic (exact) mass is 314 g/mol. The third-order valence-electron chi connectivity index (χ3n) is 3.42. The number of rotatable bonds is 5. The second kappa shape index (κ2) is 6.66. The Morgan fingerprint density at radius 3 is 2.73 bits per heavy atom. The summed E-state index contributed by atoms with van der Waals surface area (Å²) < 4.78 is 10.6. The van der Waals surface area contributed by atoms with Gasteiger partial charge in [-0.3, -0.25) is 9.59 Å². The van der Waals surface area contributed by atoms with E-state index in [1.165, 1.54) is 11.8 Å². The standard InChI is InChI=1S/C17H14O4S/c18-11-21-14-6-4-12(5-7-14)10-20-15-3-1-2-13-8-9-22-17(19)16(13)15/h1-7,11H,8-10H2. The lowest BCUT2D eigenvalue weighted by Crippen LogP contribution is -2.11. The number of carbonyl (C=O) groups excluding carboxylic acids is 2. The number of carbonyl (C=O) groups is 2. The van der Waals surface area contributed by atoms with Crippen LogP contribution in [0.1, 0.15) is 21.5 Å². The van der Waals surface area contributed by atoms with Crippen LogP contribution in [0, 0.1) is 0 Å². The van der Waals surface area contributed by atoms with E-state index in [1.807, 2.05) is 30.3 Å². The maximum Gasteiger partial charge on any atom is 0.298 e. The quantitative estimate of drug-likeness (QED) is 0.793. The second-order valence-corrected chi connectivity index (χ2v) is 5.89. The van der Waals surface area contributed by atoms with Crippen molar-refractivity contribution in [2.75, 3.05) is 5.75 Å². The van der Waals surface area contributed by atoms with E-state index in [-0.39, 0.29) is 5.12 Å². The fourth-order valence-electron chi connectivity index (χ4n) is 2.34. The minimum Gasteiger partial charge on any atom is -0.488 e. The fourth-order valence-corrected chi connectivity index (χ4v) is 3.23. The van der Waals surface area contributed by atoms with E-state index < -0.39 is 0 Å². The molecule has 2 aromatic rings. The van der Waals surface area contributed by atoms with Crippen molar-refractivity contribution in [1.82, 2.24) is 0 Å². The van der Waals surface area contributed by atoms with Gasteiger partial charge in [-0.15, -0.1) is 0 Å². The molecule has 112 valence electrons. The minimum atomic E-state index is 0.0755. The predicted octanol–water partition coefficient (Wildman–Crippen LogP) is 3.23. The van der Waals surface area contributed by atoms with Gasteiger partial charge in [0.1, 0.15) is 18.1 Å². The van der Waals surface area contributed by atoms with E-state index in [9.17, 15) is 9.59 Å². The van der Waals surface area contributed by atoms with Crippen LogP contribution in [-0.2, 0) is 17.8 Å². The summed E-state index contributed by atoms with van der Waals surface area (Å²) in [6.07, 6.45) is 0.890. The maximum absolute atomic E-state index is 12.1. The smallest absolute Gasteiger partial charge is 0.298 e. The average Bonchev–Trinajstić information content (AvgIpc) is 2.55. The fraction of sp³-hybridized carbons (Fsp3) is 0.176. The molecule has 0 amide bonds. The molecule has 0 saturated carbocycles. The molecular formula is C17H14O4S. The Morgan fingerprint density at radius 2 is 1.95 bits per heavy atom. The number of aryl methyl sites for hydroxylation is 1. The summed E-state index contributed by atoms with van der Waals surface area (Å²) in [6.45, 7) is 0.751. The van der Waals surface area contributed by atoms with Crippen molar-refractivity contribution in [1.29, 1.82) is 0 Å². The Kier molecular flexibility index (Phi) is 4.44. The molecule has 1 aliphatic rings. The number of hydrogen-bond acceptors (Lipinski definition) is 5. The first-order chi connectivity index (χ1) is 10.8. The van der Waals surface area contributed by atoms with Crippen molar-refractivity contribution in [2.24, 2.45) is 0 Å². The Bertz CT molecular complexity index is 694. The first-order valence-electron chi connectivity index (χ1n) is 6.89. The van der Waals surface area contributed by atoms with E-state index in [1.54, 1.807) is 12.1 Å². The van der Waals surface area contributed by atoms with Gasteiger partial charge in [-0.05, 0) is 35.7 Å². The van der Waals surface area contributed by atoms with Crippen LogP contribution in [0.25, 0.3) is 0 Å². The normalized spacial score (nSPS) is 13.4. The molecule has 0 N–H and O–H groups in total. The van der Waals surface area contributed by atoms with Crippen LogP contribution in [0.2, 0.25) is 0 Å². The van der Waals surface area contributed by atoms with E-state index >= 15 is 0 Å². The molecule has 1 heterocycles. The van der Waals surface area contributed by atoms with Gasteiger partial charge in [-0.1, -0.05) is 36.0 Å². The molecule has 5 heteroatoms. The number of thioether (sulfide) groups is 1. The highest BCUT2D eigenvalue weighted by Crippen LogP contribution is 2.32. The van der Waals surface area contributed by atoms with Gasteiger partial charge in [0.2, 0.25) is 5.12 Å². The maximum atomic E-state index is 12.1. The highest BCUT2D eigenvalue weighted by atomic mass is 32.2. The second-order valence-electron chi connectivity index (χ2n) is 4.82. The number of fused-ring (bicyclic) bond motifs is 1. The van der Waals surface area contributed by atoms with Gasteiger partial charge < -0.3 is 9.47 Å². The zero-order valence-electron chi connectivity index (χ0n) is 11.8. The Morgan fingerprint density at radius 1 is 1.14 bits per heavy atom. The zero-order valence-corrected chi connectivity index (χ0v) is 12.6. The molecule has 2 aromatic carbocycles. The first kappa shape index (κ1) is 14.7. The van der Waals surface area contributed by atoms with Crippen molar-refractivity contribution in [3.63, 3.8) is 0 Å². The summed E-state index contributed by atoms with van der Waals surface area (Å²) in [5.74, 6) is 1.94. The minimum absolute atomic E-state index is 0.0755. The van der Waals surface area contributed by atoms with Crippen LogP contribution in [0.3, 0.4) is 0 Å². The highest BCUT2D eigenvalue weighted by Gasteiger charge is 2.22. The molecule has 0 fully saturated rings. The summed E-state index contributed by atoms with van der Waals surface area (Å²) in [4.78, 5) is 22.3. The summed E-state index contributed by atoms with van der Waals surface area (Å²) in [5.41, 5.74) is 2.68. The number of benzene rings is 2. The van der Waals surface area contributed by atoms with Gasteiger partial charge in [-0.2, -0.15) is 0 Å². The largest absolute Gasteiger partial charge is 0.488 e. The number of ether oxygens (including phenoxy) is 2. The summed E-state index contributed by atoms with van der Waals surface area (Å²) >= 11 is 1.34. The van der Waals surface area contributed by atoms with E-state index in [2.05, 4.69) is 0 Å². The van der Waals surface area contributed by atoms with Crippen molar-refractivity contribution < 1.29 is 19.1 Å². The first-order valence-corrected chi connectivity index (χ1v) is 7.87. The Labute approximate surface area is 132 Å². The van der Waals surface area contributed by atoms with Crippen LogP contribution >= 0.6 is 11.8 Å². The van der Waals surface area contributed by atoms with Crippen molar-refractivity contribution in [3.05, 3.63) is 59.2 Å². The van der Waals surface area contributed by atoms with Gasteiger partial charge in [0.25, 0.3) is 6.47 Å². The molecule has 0 unspecified atom stereocenters. The molecule has 4 nitrogen and oxygen atoms in total. The molecule has 1 aliphatic heterocycles. The summed E-state index contributed by atoms with van der Waals surface area (Å²) in [5, 5.41) is 0.0755. The third kappa shape index (κ3) is 3.14. The molecule has 0 saturated heterocycles. The van der Waals surface area contributed by atoms with Gasteiger partial charge in [-0.25, -0.2) is 0 Å². The molecule has 0 atom stereocenters. The van der Waals surface area contributed by atoms with Gasteiger partial charge >= 0.3 is 0 Å². The topological polar surface area (TPSA) is 52.6 Å². The summed E-state index contributed by atoms with van der Waals surface area (Å²) in [7, 11) is 0. The molecular weight excluding hydrogens is 300 g/mol. The predicted molar refractivity (Wildman–Crippen MR) is 84.4 cm³/mol. The van der Waals surface area contributed by atoms with Crippen molar-refractivity contribution in [2.45, 2.75) is 13.0 Å². The molecule has 3 rings (SSSR count). The van der Waals surface area contributed by atoms with Gasteiger partial charge in [0, 0.05) is 5.75 Å². The Hall–Kier alpha value is -2.27. The van der Waals surface area contributed by atoms with Crippen LogP contribution in [-0.4, -0.2) is 17.3 Å². The van der Waals surface area contributed by atoms with Crippen LogP contribution < -0.4 is 9.47 Å². The molecule has 0 aromatic heterocycles. The van der Waals surface area contributed by atoms with Crippen molar-refractivity contribution >= 4 is 23.3 Å². The zero-order chi connectivity index (χ0) is 15.4. The van der Waals surface area contributed by atoms with Crippen molar-refractivity contribution in [3.8, 4) is 11.5 Å². The van der Waals surface area contributed by atoms with E-state index in [0.717, 1.165) is 23.3 Å². The highest BCUT2D eigenvalue weighted by molar-refractivity contribution is 8.14. The van der Waals surface area contributed by atoms with E-state index in [0.29, 0.717) is 30.1 Å². The van der Waals surface area contributed by atoms with Crippen LogP contribution in [0.5, 0.6) is 11.5 Å².